The van der Waals surface area contributed by atoms with Gasteiger partial charge in [0.05, 0.1) is 0 Å². The maximum Gasteiger partial charge on any atom is 2.00 e. The van der Waals surface area contributed by atoms with Crippen LogP contribution in [-0.4, -0.2) is 6.54 Å². The molecule has 15 heavy (non-hydrogen) atoms. The predicted octanol–water partition coefficient (Wildman–Crippen LogP) is -9.16. The Morgan fingerprint density at radius 2 is 0.867 bits per heavy atom. The molecule has 0 atom stereocenters. The van der Waals surface area contributed by atoms with Gasteiger partial charge in [0, 0.05) is 0 Å². The Bertz CT molecular complexity index is 89.4. The minimum atomic E-state index is -4.94. The minimum Gasteiger partial charge on any atom is -0.330 e. The topological polar surface area (TPSA) is 210 Å². The Labute approximate surface area is 100 Å². The van der Waals surface area contributed by atoms with Crippen molar-refractivity contribution in [1.82, 2.24) is 0 Å². The predicted molar refractivity (Wildman–Crippen MR) is 19.3 cm³/mol. The molecule has 0 heterocycles. The van der Waals surface area contributed by atoms with Gasteiger partial charge in [-0.1, -0.05) is 6.92 Å². The quantitative estimate of drug-likeness (QED) is 0.485. The SMILES string of the molecule is CCCN.[Co+2].[O-][Cl+3]([O-])([O-])[O-].[O-][Cl+3]([O-])([O-])[O-]. The third-order valence-corrected chi connectivity index (χ3v) is 0.289. The molecule has 0 rings (SSSR count). The molecule has 1 radical (unpaired) electrons. The van der Waals surface area contributed by atoms with Crippen LogP contribution in [-0.2, 0) is 16.8 Å². The molecule has 9 nitrogen and oxygen atoms in total. The molecule has 0 saturated heterocycles. The summed E-state index contributed by atoms with van der Waals surface area (Å²) < 4.78 is 67.9. The Kier molecular flexibility index (Phi) is 21.2. The third kappa shape index (κ3) is 800. The second kappa shape index (κ2) is 12.8. The van der Waals surface area contributed by atoms with E-state index in [2.05, 4.69) is 6.92 Å². The van der Waals surface area contributed by atoms with Crippen LogP contribution in [0.2, 0.25) is 0 Å². The number of hydrogen-bond acceptors (Lipinski definition) is 9. The summed E-state index contributed by atoms with van der Waals surface area (Å²) in [6.45, 7) is 2.88. The van der Waals surface area contributed by atoms with Crippen LogP contribution < -0.4 is 43.0 Å². The molecule has 2 N–H and O–H groups in total. The van der Waals surface area contributed by atoms with E-state index in [9.17, 15) is 0 Å². The van der Waals surface area contributed by atoms with Gasteiger partial charge >= 0.3 is 16.8 Å². The number of hydrogen-bond donors (Lipinski definition) is 1. The first-order valence-electron chi connectivity index (χ1n) is 2.85. The molecule has 97 valence electrons. The molecule has 0 bridgehead atoms. The van der Waals surface area contributed by atoms with Crippen molar-refractivity contribution in [3.8, 4) is 0 Å². The van der Waals surface area contributed by atoms with E-state index in [1.165, 1.54) is 0 Å². The molecule has 0 unspecified atom stereocenters. The van der Waals surface area contributed by atoms with E-state index in [-0.39, 0.29) is 16.8 Å². The van der Waals surface area contributed by atoms with Crippen LogP contribution in [0.25, 0.3) is 0 Å². The summed E-state index contributed by atoms with van der Waals surface area (Å²) in [5.74, 6) is 0. The zero-order chi connectivity index (χ0) is 12.4. The van der Waals surface area contributed by atoms with Gasteiger partial charge in [0.25, 0.3) is 0 Å². The fourth-order valence-corrected chi connectivity index (χ4v) is 0. The molecule has 0 aliphatic rings. The van der Waals surface area contributed by atoms with E-state index in [0.29, 0.717) is 0 Å². The van der Waals surface area contributed by atoms with E-state index in [0.717, 1.165) is 13.0 Å². The van der Waals surface area contributed by atoms with E-state index in [1.807, 2.05) is 0 Å². The van der Waals surface area contributed by atoms with Gasteiger partial charge in [-0.25, -0.2) is 37.3 Å². The summed E-state index contributed by atoms with van der Waals surface area (Å²) in [4.78, 5) is 0. The molecule has 0 saturated carbocycles. The van der Waals surface area contributed by atoms with E-state index in [1.54, 1.807) is 0 Å². The van der Waals surface area contributed by atoms with Crippen molar-refractivity contribution < 1.29 is 74.5 Å². The molecule has 0 aromatic carbocycles. The second-order valence-corrected chi connectivity index (χ2v) is 3.06. The zero-order valence-electron chi connectivity index (χ0n) is 7.35. The van der Waals surface area contributed by atoms with Crippen LogP contribution in [0.3, 0.4) is 0 Å². The fourth-order valence-electron chi connectivity index (χ4n) is 0. The molecule has 0 spiro atoms. The summed E-state index contributed by atoms with van der Waals surface area (Å²) in [6.07, 6.45) is 1.10. The summed E-state index contributed by atoms with van der Waals surface area (Å²) in [7, 11) is -9.89. The van der Waals surface area contributed by atoms with Crippen molar-refractivity contribution in [2.45, 2.75) is 13.3 Å². The van der Waals surface area contributed by atoms with Gasteiger partial charge in [-0.3, -0.25) is 0 Å². The van der Waals surface area contributed by atoms with Gasteiger partial charge in [0.1, 0.15) is 0 Å². The van der Waals surface area contributed by atoms with Crippen molar-refractivity contribution >= 4 is 0 Å². The Balaban J connectivity index is -0.0000000590. The van der Waals surface area contributed by atoms with Gasteiger partial charge in [-0.05, 0) is 13.0 Å². The van der Waals surface area contributed by atoms with E-state index < -0.39 is 20.5 Å². The fraction of sp³-hybridized carbons (Fsp3) is 1.00. The van der Waals surface area contributed by atoms with Gasteiger partial charge < -0.3 is 5.73 Å². The maximum atomic E-state index is 8.49. The third-order valence-electron chi connectivity index (χ3n) is 0.289. The smallest absolute Gasteiger partial charge is 0.330 e. The van der Waals surface area contributed by atoms with E-state index in [4.69, 9.17) is 43.0 Å². The Morgan fingerprint density at radius 3 is 0.867 bits per heavy atom. The molecule has 0 amide bonds. The largest absolute Gasteiger partial charge is 2.00 e. The molecular formula is C3H9Cl2CoNO8. The first kappa shape index (κ1) is 24.8. The second-order valence-electron chi connectivity index (χ2n) is 1.54. The summed E-state index contributed by atoms with van der Waals surface area (Å²) >= 11 is 0. The molecular weight excluding hydrogens is 308 g/mol. The molecule has 0 fully saturated rings. The molecule has 0 aromatic rings. The van der Waals surface area contributed by atoms with Crippen molar-refractivity contribution in [3.63, 3.8) is 0 Å². The van der Waals surface area contributed by atoms with Gasteiger partial charge in [-0.15, -0.1) is 20.5 Å². The van der Waals surface area contributed by atoms with Crippen molar-refractivity contribution in [2.75, 3.05) is 6.54 Å². The van der Waals surface area contributed by atoms with Gasteiger partial charge in [-0.2, -0.15) is 0 Å². The van der Waals surface area contributed by atoms with Crippen LogP contribution in [0.15, 0.2) is 0 Å². The number of halogens is 2. The average Bonchev–Trinajstić information content (AvgIpc) is 1.79. The molecule has 0 aliphatic carbocycles. The normalized spacial score (nSPS) is 10.0. The average molecular weight is 317 g/mol. The number of nitrogens with two attached hydrogens (primary N) is 1. The zero-order valence-corrected chi connectivity index (χ0v) is 9.90. The first-order chi connectivity index (χ1) is 5.91. The van der Waals surface area contributed by atoms with Crippen LogP contribution in [0, 0.1) is 20.5 Å². The standard InChI is InChI=1S/C3H9N.2ClHO4.Co/c1-2-3-4;2*2-1(3,4)5;/h2-4H2,1H3;2*(H,2,3,4,5);/q;;;+2/p-2. The Morgan fingerprint density at radius 1 is 0.800 bits per heavy atom. The minimum absolute atomic E-state index is 0. The molecule has 12 heteroatoms. The maximum absolute atomic E-state index is 8.49. The monoisotopic (exact) mass is 316 g/mol. The number of rotatable bonds is 1. The van der Waals surface area contributed by atoms with Crippen molar-refractivity contribution in [1.29, 1.82) is 0 Å². The summed E-state index contributed by atoms with van der Waals surface area (Å²) in [6, 6.07) is 0. The van der Waals surface area contributed by atoms with Crippen LogP contribution in [0.1, 0.15) is 13.3 Å². The van der Waals surface area contributed by atoms with Crippen molar-refractivity contribution in [3.05, 3.63) is 0 Å². The van der Waals surface area contributed by atoms with Crippen LogP contribution >= 0.6 is 0 Å². The molecule has 0 aliphatic heterocycles. The van der Waals surface area contributed by atoms with Crippen LogP contribution in [0.5, 0.6) is 0 Å². The van der Waals surface area contributed by atoms with Gasteiger partial charge in [0.15, 0.2) is 0 Å². The van der Waals surface area contributed by atoms with Crippen LogP contribution in [0.4, 0.5) is 0 Å². The van der Waals surface area contributed by atoms with Crippen molar-refractivity contribution in [2.24, 2.45) is 5.73 Å². The molecule has 0 aromatic heterocycles. The summed E-state index contributed by atoms with van der Waals surface area (Å²) in [5.41, 5.74) is 5.03. The summed E-state index contributed by atoms with van der Waals surface area (Å²) in [5, 5.41) is 0. The Hall–Kier alpha value is 0.726. The van der Waals surface area contributed by atoms with Gasteiger partial charge in [0.2, 0.25) is 0 Å². The van der Waals surface area contributed by atoms with E-state index >= 15 is 0 Å². The first-order valence-corrected chi connectivity index (χ1v) is 5.32.